The maximum absolute atomic E-state index is 9.29. The van der Waals surface area contributed by atoms with Gasteiger partial charge < -0.3 is 9.67 Å². The fraction of sp³-hybridized carbons (Fsp3) is 0.429. The monoisotopic (exact) mass is 151 g/mol. The van der Waals surface area contributed by atoms with Crippen LogP contribution in [-0.4, -0.2) is 20.3 Å². The molecule has 1 aromatic heterocycles. The zero-order chi connectivity index (χ0) is 8.32. The highest BCUT2D eigenvalue weighted by molar-refractivity contribution is 4.97. The van der Waals surface area contributed by atoms with Crippen molar-refractivity contribution in [3.8, 4) is 6.07 Å². The van der Waals surface area contributed by atoms with Crippen molar-refractivity contribution >= 4 is 0 Å². The van der Waals surface area contributed by atoms with E-state index in [2.05, 4.69) is 4.98 Å². The Morgan fingerprint density at radius 1 is 1.82 bits per heavy atom. The second-order valence-corrected chi connectivity index (χ2v) is 2.62. The average Bonchev–Trinajstić information content (AvgIpc) is 2.39. The number of rotatable bonds is 2. The van der Waals surface area contributed by atoms with E-state index >= 15 is 0 Å². The van der Waals surface area contributed by atoms with Crippen LogP contribution in [0.4, 0.5) is 0 Å². The molecule has 0 aliphatic carbocycles. The van der Waals surface area contributed by atoms with Crippen molar-refractivity contribution in [1.29, 1.82) is 5.26 Å². The van der Waals surface area contributed by atoms with Crippen LogP contribution in [0.5, 0.6) is 0 Å². The zero-order valence-electron chi connectivity index (χ0n) is 6.23. The number of nitriles is 1. The van der Waals surface area contributed by atoms with Crippen LogP contribution in [0.3, 0.4) is 0 Å². The highest BCUT2D eigenvalue weighted by atomic mass is 16.3. The highest BCUT2D eigenvalue weighted by Gasteiger charge is 2.18. The molecule has 1 atom stereocenters. The fourth-order valence-corrected chi connectivity index (χ4v) is 0.771. The van der Waals surface area contributed by atoms with E-state index in [0.29, 0.717) is 0 Å². The molecule has 1 N–H and O–H groups in total. The lowest BCUT2D eigenvalue weighted by Crippen LogP contribution is -2.27. The Balaban J connectivity index is 2.65. The van der Waals surface area contributed by atoms with Crippen molar-refractivity contribution in [2.75, 3.05) is 0 Å². The van der Waals surface area contributed by atoms with E-state index in [-0.39, 0.29) is 6.54 Å². The molecule has 0 fully saturated rings. The number of hydrogen-bond acceptors (Lipinski definition) is 3. The third-order valence-corrected chi connectivity index (χ3v) is 1.29. The number of hydrogen-bond donors (Lipinski definition) is 1. The number of aromatic nitrogens is 2. The first-order valence-corrected chi connectivity index (χ1v) is 3.23. The molecule has 0 bridgehead atoms. The standard InChI is InChI=1S/C7H9N3O/c1-7(11,4-8)5-10-3-2-9-6-10/h2-3,6,11H,5H2,1H3. The summed E-state index contributed by atoms with van der Waals surface area (Å²) in [6, 6.07) is 1.79. The summed E-state index contributed by atoms with van der Waals surface area (Å²) in [7, 11) is 0. The highest BCUT2D eigenvalue weighted by Crippen LogP contribution is 2.04. The predicted octanol–water partition coefficient (Wildman–Crippen LogP) is 0.158. The molecule has 0 radical (unpaired) electrons. The topological polar surface area (TPSA) is 61.8 Å². The summed E-state index contributed by atoms with van der Waals surface area (Å²) < 4.78 is 1.66. The quantitative estimate of drug-likeness (QED) is 0.612. The van der Waals surface area contributed by atoms with Gasteiger partial charge in [0.05, 0.1) is 18.9 Å². The van der Waals surface area contributed by atoms with Gasteiger partial charge in [-0.05, 0) is 6.92 Å². The molecule has 0 aliphatic heterocycles. The molecule has 4 heteroatoms. The van der Waals surface area contributed by atoms with Crippen LogP contribution in [0.25, 0.3) is 0 Å². The van der Waals surface area contributed by atoms with Crippen LogP contribution in [0.15, 0.2) is 18.7 Å². The lowest BCUT2D eigenvalue weighted by molar-refractivity contribution is 0.0996. The zero-order valence-corrected chi connectivity index (χ0v) is 6.23. The van der Waals surface area contributed by atoms with Gasteiger partial charge in [0, 0.05) is 12.4 Å². The summed E-state index contributed by atoms with van der Waals surface area (Å²) in [6.07, 6.45) is 4.87. The first kappa shape index (κ1) is 7.76. The van der Waals surface area contributed by atoms with E-state index in [4.69, 9.17) is 5.26 Å². The van der Waals surface area contributed by atoms with E-state index in [1.54, 1.807) is 29.4 Å². The van der Waals surface area contributed by atoms with Crippen molar-refractivity contribution in [2.24, 2.45) is 0 Å². The first-order chi connectivity index (χ1) is 5.14. The van der Waals surface area contributed by atoms with Crippen molar-refractivity contribution < 1.29 is 5.11 Å². The van der Waals surface area contributed by atoms with Gasteiger partial charge in [-0.25, -0.2) is 4.98 Å². The van der Waals surface area contributed by atoms with Gasteiger partial charge in [-0.3, -0.25) is 0 Å². The molecule has 0 spiro atoms. The summed E-state index contributed by atoms with van der Waals surface area (Å²) in [5.41, 5.74) is -1.30. The lowest BCUT2D eigenvalue weighted by Gasteiger charge is -2.13. The Bertz CT molecular complexity index is 258. The summed E-state index contributed by atoms with van der Waals surface area (Å²) in [4.78, 5) is 3.78. The Hall–Kier alpha value is -1.34. The summed E-state index contributed by atoms with van der Waals surface area (Å²) >= 11 is 0. The average molecular weight is 151 g/mol. The van der Waals surface area contributed by atoms with Crippen LogP contribution < -0.4 is 0 Å². The lowest BCUT2D eigenvalue weighted by atomic mass is 10.1. The van der Waals surface area contributed by atoms with Gasteiger partial charge in [-0.15, -0.1) is 0 Å². The third kappa shape index (κ3) is 2.06. The van der Waals surface area contributed by atoms with Gasteiger partial charge in [-0.1, -0.05) is 0 Å². The molecule has 0 saturated heterocycles. The summed E-state index contributed by atoms with van der Waals surface area (Å²) in [5, 5.41) is 17.7. The molecule has 1 unspecified atom stereocenters. The van der Waals surface area contributed by atoms with Crippen LogP contribution in [0, 0.1) is 11.3 Å². The maximum Gasteiger partial charge on any atom is 0.165 e. The Kier molecular flexibility index (Phi) is 1.92. The number of nitrogens with zero attached hydrogens (tertiary/aromatic N) is 3. The van der Waals surface area contributed by atoms with E-state index in [9.17, 15) is 5.11 Å². The molecule has 1 heterocycles. The molecule has 0 aromatic carbocycles. The minimum Gasteiger partial charge on any atom is -0.374 e. The predicted molar refractivity (Wildman–Crippen MR) is 38.5 cm³/mol. The van der Waals surface area contributed by atoms with Gasteiger partial charge in [0.25, 0.3) is 0 Å². The van der Waals surface area contributed by atoms with E-state index in [0.717, 1.165) is 0 Å². The second kappa shape index (κ2) is 2.72. The fourth-order valence-electron chi connectivity index (χ4n) is 0.771. The smallest absolute Gasteiger partial charge is 0.165 e. The van der Waals surface area contributed by atoms with E-state index in [1.165, 1.54) is 6.92 Å². The van der Waals surface area contributed by atoms with Crippen LogP contribution >= 0.6 is 0 Å². The third-order valence-electron chi connectivity index (χ3n) is 1.29. The molecule has 1 aromatic rings. The van der Waals surface area contributed by atoms with E-state index < -0.39 is 5.60 Å². The van der Waals surface area contributed by atoms with Gasteiger partial charge in [-0.2, -0.15) is 5.26 Å². The Labute approximate surface area is 64.7 Å². The molecule has 0 aliphatic rings. The molecule has 0 saturated carbocycles. The van der Waals surface area contributed by atoms with Gasteiger partial charge in [0.2, 0.25) is 0 Å². The molecular formula is C7H9N3O. The maximum atomic E-state index is 9.29. The minimum atomic E-state index is -1.30. The van der Waals surface area contributed by atoms with Gasteiger partial charge in [0.1, 0.15) is 0 Å². The Morgan fingerprint density at radius 3 is 3.00 bits per heavy atom. The molecule has 58 valence electrons. The summed E-state index contributed by atoms with van der Waals surface area (Å²) in [6.45, 7) is 1.72. The molecule has 4 nitrogen and oxygen atoms in total. The number of aliphatic hydroxyl groups is 1. The second-order valence-electron chi connectivity index (χ2n) is 2.62. The normalized spacial score (nSPS) is 15.4. The SMILES string of the molecule is CC(O)(C#N)Cn1ccnc1. The first-order valence-electron chi connectivity index (χ1n) is 3.23. The van der Waals surface area contributed by atoms with Crippen molar-refractivity contribution in [1.82, 2.24) is 9.55 Å². The minimum absolute atomic E-state index is 0.253. The molecule has 1 rings (SSSR count). The van der Waals surface area contributed by atoms with Gasteiger partial charge >= 0.3 is 0 Å². The Morgan fingerprint density at radius 2 is 2.55 bits per heavy atom. The van der Waals surface area contributed by atoms with E-state index in [1.807, 2.05) is 0 Å². The van der Waals surface area contributed by atoms with Gasteiger partial charge in [0.15, 0.2) is 5.60 Å². The van der Waals surface area contributed by atoms with Crippen molar-refractivity contribution in [3.63, 3.8) is 0 Å². The largest absolute Gasteiger partial charge is 0.374 e. The van der Waals surface area contributed by atoms with Crippen LogP contribution in [-0.2, 0) is 6.54 Å². The molecule has 0 amide bonds. The van der Waals surface area contributed by atoms with Crippen molar-refractivity contribution in [3.05, 3.63) is 18.7 Å². The van der Waals surface area contributed by atoms with Crippen LogP contribution in [0.1, 0.15) is 6.92 Å². The van der Waals surface area contributed by atoms with Crippen LogP contribution in [0.2, 0.25) is 0 Å². The molecule has 11 heavy (non-hydrogen) atoms. The molecular weight excluding hydrogens is 142 g/mol. The van der Waals surface area contributed by atoms with Crippen molar-refractivity contribution in [2.45, 2.75) is 19.1 Å². The number of imidazole rings is 1. The summed E-state index contributed by atoms with van der Waals surface area (Å²) in [5.74, 6) is 0.